The molecule has 1 aliphatic rings. The third kappa shape index (κ3) is 4.06. The van der Waals surface area contributed by atoms with Crippen molar-refractivity contribution < 1.29 is 9.72 Å². The zero-order valence-corrected chi connectivity index (χ0v) is 20.0. The molecule has 0 aliphatic carbocycles. The van der Waals surface area contributed by atoms with Gasteiger partial charge in [-0.2, -0.15) is 0 Å². The van der Waals surface area contributed by atoms with Gasteiger partial charge in [0.25, 0.3) is 11.6 Å². The molecule has 0 N–H and O–H groups in total. The van der Waals surface area contributed by atoms with Crippen molar-refractivity contribution in [1.29, 1.82) is 0 Å². The lowest BCUT2D eigenvalue weighted by Gasteiger charge is -2.14. The molecule has 32 heavy (non-hydrogen) atoms. The lowest BCUT2D eigenvalue weighted by Crippen LogP contribution is -2.27. The Morgan fingerprint density at radius 2 is 1.81 bits per heavy atom. The van der Waals surface area contributed by atoms with Gasteiger partial charge in [0.15, 0.2) is 4.32 Å². The first kappa shape index (κ1) is 22.5. The molecule has 4 rings (SSSR count). The first-order valence-electron chi connectivity index (χ1n) is 9.34. The van der Waals surface area contributed by atoms with Gasteiger partial charge in [-0.1, -0.05) is 53.2 Å². The lowest BCUT2D eigenvalue weighted by atomic mass is 10.2. The van der Waals surface area contributed by atoms with Crippen LogP contribution in [-0.4, -0.2) is 19.7 Å². The largest absolute Gasteiger partial charge is 0.318 e. The molecule has 1 aliphatic heterocycles. The Hall–Kier alpha value is -2.65. The van der Waals surface area contributed by atoms with E-state index in [4.69, 9.17) is 35.4 Å². The van der Waals surface area contributed by atoms with Crippen molar-refractivity contribution >= 4 is 74.9 Å². The number of carbonyl (C=O) groups is 1. The summed E-state index contributed by atoms with van der Waals surface area (Å²) in [6.07, 6.45) is 1.78. The summed E-state index contributed by atoms with van der Waals surface area (Å²) in [5.41, 5.74) is 3.85. The number of non-ortho nitro benzene ring substituents is 1. The van der Waals surface area contributed by atoms with E-state index in [2.05, 4.69) is 0 Å². The standard InChI is InChI=1S/C22H15Cl2N3O3S2/c1-12-8-14(13(2)25(12)16-6-7-18(23)19(24)11-16)9-20-21(28)26(22(31)32-20)15-4-3-5-17(10-15)27(29)30/h3-11H,1-2H3/b20-9+. The van der Waals surface area contributed by atoms with Crippen LogP contribution in [-0.2, 0) is 4.79 Å². The monoisotopic (exact) mass is 503 g/mol. The van der Waals surface area contributed by atoms with Crippen LogP contribution in [0.1, 0.15) is 17.0 Å². The van der Waals surface area contributed by atoms with Gasteiger partial charge in [0.1, 0.15) is 0 Å². The number of benzene rings is 2. The molecule has 3 aromatic rings. The Kier molecular flexibility index (Phi) is 6.13. The molecular weight excluding hydrogens is 489 g/mol. The second-order valence-corrected chi connectivity index (χ2v) is 9.54. The highest BCUT2D eigenvalue weighted by Gasteiger charge is 2.34. The molecule has 1 aromatic heterocycles. The van der Waals surface area contributed by atoms with Crippen molar-refractivity contribution in [3.8, 4) is 5.69 Å². The molecule has 0 bridgehead atoms. The molecule has 10 heteroatoms. The summed E-state index contributed by atoms with van der Waals surface area (Å²) < 4.78 is 2.34. The highest BCUT2D eigenvalue weighted by molar-refractivity contribution is 8.27. The lowest BCUT2D eigenvalue weighted by molar-refractivity contribution is -0.384. The van der Waals surface area contributed by atoms with Crippen LogP contribution in [0.15, 0.2) is 53.4 Å². The maximum absolute atomic E-state index is 13.1. The van der Waals surface area contributed by atoms with E-state index in [1.807, 2.05) is 30.5 Å². The van der Waals surface area contributed by atoms with Gasteiger partial charge in [0.2, 0.25) is 0 Å². The molecule has 6 nitrogen and oxygen atoms in total. The second-order valence-electron chi connectivity index (χ2n) is 7.05. The van der Waals surface area contributed by atoms with Crippen molar-refractivity contribution in [3.05, 3.63) is 90.5 Å². The van der Waals surface area contributed by atoms with Gasteiger partial charge in [0.05, 0.1) is 25.6 Å². The smallest absolute Gasteiger partial charge is 0.271 e. The van der Waals surface area contributed by atoms with Crippen molar-refractivity contribution in [2.45, 2.75) is 13.8 Å². The Labute approximate surface area is 203 Å². The van der Waals surface area contributed by atoms with Crippen molar-refractivity contribution in [1.82, 2.24) is 4.57 Å². The van der Waals surface area contributed by atoms with Gasteiger partial charge in [-0.15, -0.1) is 0 Å². The third-order valence-electron chi connectivity index (χ3n) is 5.01. The topological polar surface area (TPSA) is 68.4 Å². The normalized spacial score (nSPS) is 15.1. The number of carbonyl (C=O) groups excluding carboxylic acids is 1. The Morgan fingerprint density at radius 3 is 2.50 bits per heavy atom. The van der Waals surface area contributed by atoms with Crippen LogP contribution in [0, 0.1) is 24.0 Å². The molecule has 1 fully saturated rings. The van der Waals surface area contributed by atoms with E-state index in [1.54, 1.807) is 24.3 Å². The summed E-state index contributed by atoms with van der Waals surface area (Å²) in [7, 11) is 0. The van der Waals surface area contributed by atoms with Gasteiger partial charge in [-0.3, -0.25) is 19.8 Å². The molecule has 162 valence electrons. The number of hydrogen-bond donors (Lipinski definition) is 0. The highest BCUT2D eigenvalue weighted by atomic mass is 35.5. The summed E-state index contributed by atoms with van der Waals surface area (Å²) in [5.74, 6) is -0.320. The molecule has 1 amide bonds. The van der Waals surface area contributed by atoms with E-state index in [1.165, 1.54) is 23.1 Å². The van der Waals surface area contributed by atoms with Crippen LogP contribution in [0.4, 0.5) is 11.4 Å². The predicted molar refractivity (Wildman–Crippen MR) is 134 cm³/mol. The van der Waals surface area contributed by atoms with Crippen LogP contribution in [0.2, 0.25) is 10.0 Å². The minimum atomic E-state index is -0.505. The summed E-state index contributed by atoms with van der Waals surface area (Å²) in [6, 6.07) is 13.2. The number of halogens is 2. The fourth-order valence-electron chi connectivity index (χ4n) is 3.53. The van der Waals surface area contributed by atoms with Crippen LogP contribution in [0.25, 0.3) is 11.8 Å². The van der Waals surface area contributed by atoms with E-state index < -0.39 is 4.92 Å². The van der Waals surface area contributed by atoms with E-state index in [-0.39, 0.29) is 11.6 Å². The number of aryl methyl sites for hydroxylation is 1. The molecular formula is C22H15Cl2N3O3S2. The van der Waals surface area contributed by atoms with E-state index >= 15 is 0 Å². The minimum absolute atomic E-state index is 0.106. The average Bonchev–Trinajstić information content (AvgIpc) is 3.18. The predicted octanol–water partition coefficient (Wildman–Crippen LogP) is 6.71. The maximum atomic E-state index is 13.1. The van der Waals surface area contributed by atoms with Crippen LogP contribution in [0.5, 0.6) is 0 Å². The first-order chi connectivity index (χ1) is 15.2. The fraction of sp³-hybridized carbons (Fsp3) is 0.0909. The molecule has 2 aromatic carbocycles. The number of aromatic nitrogens is 1. The van der Waals surface area contributed by atoms with Gasteiger partial charge in [-0.25, -0.2) is 0 Å². The molecule has 0 atom stereocenters. The highest BCUT2D eigenvalue weighted by Crippen LogP contribution is 2.38. The number of thiocarbonyl (C=S) groups is 1. The number of nitrogens with zero attached hydrogens (tertiary/aromatic N) is 3. The number of hydrogen-bond acceptors (Lipinski definition) is 5. The van der Waals surface area contributed by atoms with Crippen LogP contribution < -0.4 is 4.90 Å². The zero-order valence-electron chi connectivity index (χ0n) is 16.8. The van der Waals surface area contributed by atoms with Crippen molar-refractivity contribution in [3.63, 3.8) is 0 Å². The quantitative estimate of drug-likeness (QED) is 0.171. The number of rotatable bonds is 4. The first-order valence-corrected chi connectivity index (χ1v) is 11.3. The summed E-state index contributed by atoms with van der Waals surface area (Å²) in [5, 5.41) is 12.0. The van der Waals surface area contributed by atoms with Gasteiger partial charge in [-0.05, 0) is 55.8 Å². The summed E-state index contributed by atoms with van der Waals surface area (Å²) >= 11 is 18.8. The van der Waals surface area contributed by atoms with E-state index in [0.29, 0.717) is 25.0 Å². The van der Waals surface area contributed by atoms with Crippen molar-refractivity contribution in [2.24, 2.45) is 0 Å². The van der Waals surface area contributed by atoms with E-state index in [0.717, 1.165) is 34.4 Å². The molecule has 0 radical (unpaired) electrons. The van der Waals surface area contributed by atoms with Gasteiger partial charge >= 0.3 is 0 Å². The number of nitro benzene ring substituents is 1. The van der Waals surface area contributed by atoms with E-state index in [9.17, 15) is 14.9 Å². The van der Waals surface area contributed by atoms with Gasteiger partial charge < -0.3 is 4.57 Å². The average molecular weight is 504 g/mol. The summed E-state index contributed by atoms with van der Waals surface area (Å²) in [4.78, 5) is 25.4. The second kappa shape index (κ2) is 8.71. The molecule has 0 saturated carbocycles. The number of anilines is 1. The fourth-order valence-corrected chi connectivity index (χ4v) is 5.11. The summed E-state index contributed by atoms with van der Waals surface area (Å²) in [6.45, 7) is 3.91. The number of nitro groups is 1. The Morgan fingerprint density at radius 1 is 1.06 bits per heavy atom. The SMILES string of the molecule is Cc1cc(/C=C2/SC(=S)N(c3cccc([N+](=O)[O-])c3)C2=O)c(C)n1-c1ccc(Cl)c(Cl)c1. The number of amides is 1. The number of thioether (sulfide) groups is 1. The third-order valence-corrected chi connectivity index (χ3v) is 7.05. The minimum Gasteiger partial charge on any atom is -0.318 e. The molecule has 1 saturated heterocycles. The van der Waals surface area contributed by atoms with Crippen LogP contribution in [0.3, 0.4) is 0 Å². The van der Waals surface area contributed by atoms with Crippen LogP contribution >= 0.6 is 47.2 Å². The molecule has 0 unspecified atom stereocenters. The molecule has 2 heterocycles. The molecule has 0 spiro atoms. The Bertz CT molecular complexity index is 1330. The van der Waals surface area contributed by atoms with Crippen molar-refractivity contribution in [2.75, 3.05) is 4.90 Å². The maximum Gasteiger partial charge on any atom is 0.271 e. The van der Waals surface area contributed by atoms with Gasteiger partial charge in [0, 0.05) is 29.2 Å². The zero-order chi connectivity index (χ0) is 23.2. The Balaban J connectivity index is 1.70.